The number of ether oxygens (including phenoxy) is 3. The maximum absolute atomic E-state index is 13.3. The van der Waals surface area contributed by atoms with Crippen LogP contribution in [0.4, 0.5) is 5.69 Å². The lowest BCUT2D eigenvalue weighted by molar-refractivity contribution is -0.383. The highest BCUT2D eigenvalue weighted by atomic mass is 16.6. The molecule has 0 amide bonds. The Morgan fingerprint density at radius 2 is 1.77 bits per heavy atom. The third kappa shape index (κ3) is 7.52. The highest BCUT2D eigenvalue weighted by Gasteiger charge is 2.29. The molecule has 4 aromatic rings. The van der Waals surface area contributed by atoms with E-state index in [0.29, 0.717) is 61.2 Å². The van der Waals surface area contributed by atoms with Crippen molar-refractivity contribution >= 4 is 28.3 Å². The molecule has 9 nitrogen and oxygen atoms in total. The summed E-state index contributed by atoms with van der Waals surface area (Å²) in [7, 11) is 0. The Labute approximate surface area is 256 Å². The van der Waals surface area contributed by atoms with Gasteiger partial charge in [0, 0.05) is 24.4 Å². The topological polar surface area (TPSA) is 110 Å². The van der Waals surface area contributed by atoms with Gasteiger partial charge >= 0.3 is 5.97 Å². The highest BCUT2D eigenvalue weighted by molar-refractivity contribution is 6.18. The number of aryl methyl sites for hydroxylation is 1. The molecule has 0 aliphatic heterocycles. The summed E-state index contributed by atoms with van der Waals surface area (Å²) in [6.45, 7) is 3.90. The lowest BCUT2D eigenvalue weighted by Gasteiger charge is -2.28. The van der Waals surface area contributed by atoms with Gasteiger partial charge in [0.25, 0.3) is 5.69 Å². The number of aromatic nitrogens is 1. The van der Waals surface area contributed by atoms with Crippen LogP contribution in [0.15, 0.2) is 79.0 Å². The smallest absolute Gasteiger partial charge is 0.309 e. The Hall–Kier alpha value is -4.50. The molecular formula is C35H38N2O7. The molecule has 0 saturated heterocycles. The quantitative estimate of drug-likeness (QED) is 0.0493. The molecule has 44 heavy (non-hydrogen) atoms. The van der Waals surface area contributed by atoms with Gasteiger partial charge in [-0.15, -0.1) is 0 Å². The monoisotopic (exact) mass is 598 g/mol. The summed E-state index contributed by atoms with van der Waals surface area (Å²) in [4.78, 5) is 36.9. The van der Waals surface area contributed by atoms with Crippen molar-refractivity contribution in [2.24, 2.45) is 5.92 Å². The summed E-state index contributed by atoms with van der Waals surface area (Å²) in [5.74, 6) is 0.306. The molecule has 3 aromatic carbocycles. The molecule has 2 unspecified atom stereocenters. The van der Waals surface area contributed by atoms with Crippen molar-refractivity contribution < 1.29 is 28.7 Å². The summed E-state index contributed by atoms with van der Waals surface area (Å²) in [5, 5.41) is 12.2. The fourth-order valence-electron chi connectivity index (χ4n) is 5.74. The molecule has 1 aliphatic rings. The van der Waals surface area contributed by atoms with Gasteiger partial charge in [0.05, 0.1) is 53.2 Å². The number of nitrogens with zero attached hydrogens (tertiary/aromatic N) is 2. The normalized spacial score (nSPS) is 16.5. The largest absolute Gasteiger partial charge is 0.494 e. The summed E-state index contributed by atoms with van der Waals surface area (Å²) in [6.07, 6.45) is 6.71. The molecule has 230 valence electrons. The van der Waals surface area contributed by atoms with Gasteiger partial charge < -0.3 is 18.8 Å². The zero-order valence-corrected chi connectivity index (χ0v) is 25.0. The van der Waals surface area contributed by atoms with Crippen LogP contribution >= 0.6 is 0 Å². The molecule has 1 aromatic heterocycles. The SMILES string of the molecule is CCCOC(=O)C1CCCC(OCc2ccc(OCCCn3cc(C(=O)c4ccccc4)c4c([N+](=O)[O-])cccc43)cc2)C1. The zero-order valence-electron chi connectivity index (χ0n) is 25.0. The number of nitro benzene ring substituents is 1. The second-order valence-electron chi connectivity index (χ2n) is 11.2. The van der Waals surface area contributed by atoms with E-state index in [1.54, 1.807) is 42.6 Å². The van der Waals surface area contributed by atoms with Crippen molar-refractivity contribution in [1.29, 1.82) is 0 Å². The number of ketones is 1. The lowest BCUT2D eigenvalue weighted by Crippen LogP contribution is -2.29. The first-order valence-electron chi connectivity index (χ1n) is 15.3. The second-order valence-corrected chi connectivity index (χ2v) is 11.2. The van der Waals surface area contributed by atoms with E-state index in [2.05, 4.69) is 0 Å². The number of fused-ring (bicyclic) bond motifs is 1. The number of nitro groups is 1. The molecule has 0 N–H and O–H groups in total. The highest BCUT2D eigenvalue weighted by Crippen LogP contribution is 2.32. The van der Waals surface area contributed by atoms with E-state index >= 15 is 0 Å². The molecule has 5 rings (SSSR count). The fourth-order valence-corrected chi connectivity index (χ4v) is 5.74. The van der Waals surface area contributed by atoms with Gasteiger partial charge in [0.15, 0.2) is 5.78 Å². The summed E-state index contributed by atoms with van der Waals surface area (Å²) in [5.41, 5.74) is 2.39. The van der Waals surface area contributed by atoms with E-state index in [0.717, 1.165) is 37.0 Å². The van der Waals surface area contributed by atoms with Gasteiger partial charge in [0.1, 0.15) is 5.75 Å². The van der Waals surface area contributed by atoms with Crippen molar-refractivity contribution in [3.05, 3.63) is 106 Å². The molecule has 0 spiro atoms. The van der Waals surface area contributed by atoms with Crippen molar-refractivity contribution in [3.63, 3.8) is 0 Å². The number of carbonyl (C=O) groups is 2. The summed E-state index contributed by atoms with van der Waals surface area (Å²) >= 11 is 0. The first-order valence-corrected chi connectivity index (χ1v) is 15.3. The van der Waals surface area contributed by atoms with Crippen LogP contribution in [0.3, 0.4) is 0 Å². The average molecular weight is 599 g/mol. The number of non-ortho nitro benzene ring substituents is 1. The number of hydrogen-bond acceptors (Lipinski definition) is 7. The molecule has 2 atom stereocenters. The molecule has 1 aliphatic carbocycles. The predicted octanol–water partition coefficient (Wildman–Crippen LogP) is 7.28. The Morgan fingerprint density at radius 1 is 0.977 bits per heavy atom. The van der Waals surface area contributed by atoms with Crippen LogP contribution in [0.25, 0.3) is 10.9 Å². The Balaban J connectivity index is 1.15. The fraction of sp³-hybridized carbons (Fsp3) is 0.371. The van der Waals surface area contributed by atoms with Gasteiger partial charge in [-0.2, -0.15) is 0 Å². The molecule has 1 fully saturated rings. The number of benzene rings is 3. The van der Waals surface area contributed by atoms with E-state index in [9.17, 15) is 19.7 Å². The second kappa shape index (κ2) is 14.8. The minimum Gasteiger partial charge on any atom is -0.494 e. The van der Waals surface area contributed by atoms with Gasteiger partial charge in [-0.3, -0.25) is 19.7 Å². The minimum atomic E-state index is -0.442. The van der Waals surface area contributed by atoms with Crippen LogP contribution < -0.4 is 4.74 Å². The van der Waals surface area contributed by atoms with Crippen LogP contribution in [-0.4, -0.2) is 40.6 Å². The number of esters is 1. The Bertz CT molecular complexity index is 1580. The standard InChI is InChI=1S/C35H38N2O7/c1-2-20-43-35(39)27-11-6-12-29(22-27)44-24-25-15-17-28(18-16-25)42-21-8-19-36-23-30(34(38)26-9-4-3-5-10-26)33-31(36)13-7-14-32(33)37(40)41/h3-5,7,9-10,13-18,23,27,29H,2,6,8,11-12,19-22,24H2,1H3. The third-order valence-electron chi connectivity index (χ3n) is 7.99. The van der Waals surface area contributed by atoms with Gasteiger partial charge in [0.2, 0.25) is 0 Å². The van der Waals surface area contributed by atoms with E-state index in [1.807, 2.05) is 41.8 Å². The number of rotatable bonds is 14. The van der Waals surface area contributed by atoms with E-state index < -0.39 is 4.92 Å². The number of carbonyl (C=O) groups excluding carboxylic acids is 2. The van der Waals surface area contributed by atoms with Crippen LogP contribution in [-0.2, 0) is 27.4 Å². The minimum absolute atomic E-state index is 0.0496. The van der Waals surface area contributed by atoms with Gasteiger partial charge in [-0.25, -0.2) is 0 Å². The van der Waals surface area contributed by atoms with Gasteiger partial charge in [-0.1, -0.05) is 61.9 Å². The third-order valence-corrected chi connectivity index (χ3v) is 7.99. The maximum atomic E-state index is 13.3. The zero-order chi connectivity index (χ0) is 30.9. The average Bonchev–Trinajstić information content (AvgIpc) is 3.44. The first kappa shape index (κ1) is 30.9. The van der Waals surface area contributed by atoms with Crippen molar-refractivity contribution in [2.75, 3.05) is 13.2 Å². The number of hydrogen-bond donors (Lipinski definition) is 0. The molecule has 1 saturated carbocycles. The van der Waals surface area contributed by atoms with Crippen molar-refractivity contribution in [2.45, 2.75) is 64.7 Å². The van der Waals surface area contributed by atoms with Crippen molar-refractivity contribution in [1.82, 2.24) is 4.57 Å². The molecular weight excluding hydrogens is 560 g/mol. The van der Waals surface area contributed by atoms with Crippen LogP contribution in [0.2, 0.25) is 0 Å². The maximum Gasteiger partial charge on any atom is 0.309 e. The van der Waals surface area contributed by atoms with Crippen molar-refractivity contribution in [3.8, 4) is 5.75 Å². The Kier molecular flexibility index (Phi) is 10.4. The van der Waals surface area contributed by atoms with E-state index in [4.69, 9.17) is 14.2 Å². The predicted molar refractivity (Wildman–Crippen MR) is 167 cm³/mol. The van der Waals surface area contributed by atoms with Crippen LogP contribution in [0, 0.1) is 16.0 Å². The molecule has 0 radical (unpaired) electrons. The summed E-state index contributed by atoms with van der Waals surface area (Å²) < 4.78 is 19.3. The van der Waals surface area contributed by atoms with Gasteiger partial charge in [-0.05, 0) is 55.9 Å². The van der Waals surface area contributed by atoms with Crippen LogP contribution in [0.1, 0.15) is 66.9 Å². The summed E-state index contributed by atoms with van der Waals surface area (Å²) in [6, 6.07) is 21.5. The lowest BCUT2D eigenvalue weighted by atomic mass is 9.87. The molecule has 0 bridgehead atoms. The van der Waals surface area contributed by atoms with Crippen LogP contribution in [0.5, 0.6) is 5.75 Å². The van der Waals surface area contributed by atoms with E-state index in [1.165, 1.54) is 6.07 Å². The Morgan fingerprint density at radius 3 is 2.52 bits per heavy atom. The van der Waals surface area contributed by atoms with E-state index in [-0.39, 0.29) is 29.5 Å². The molecule has 9 heteroatoms. The molecule has 1 heterocycles. The first-order chi connectivity index (χ1) is 21.4.